The quantitative estimate of drug-likeness (QED) is 0.808. The van der Waals surface area contributed by atoms with Crippen LogP contribution in [0, 0.1) is 6.92 Å². The molecule has 0 aromatic heterocycles. The smallest absolute Gasteiger partial charge is 0.126 e. The van der Waals surface area contributed by atoms with E-state index in [1.165, 1.54) is 11.1 Å². The summed E-state index contributed by atoms with van der Waals surface area (Å²) in [4.78, 5) is 0. The van der Waals surface area contributed by atoms with Gasteiger partial charge >= 0.3 is 0 Å². The average Bonchev–Trinajstić information content (AvgIpc) is 2.33. The van der Waals surface area contributed by atoms with Crippen molar-refractivity contribution in [2.24, 2.45) is 0 Å². The second-order valence-electron chi connectivity index (χ2n) is 5.16. The van der Waals surface area contributed by atoms with Gasteiger partial charge in [0, 0.05) is 25.6 Å². The maximum absolute atomic E-state index is 5.94. The molecule has 0 saturated carbocycles. The third kappa shape index (κ3) is 4.31. The van der Waals surface area contributed by atoms with Crippen LogP contribution in [-0.2, 0) is 11.3 Å². The molecule has 0 aliphatic rings. The van der Waals surface area contributed by atoms with E-state index in [9.17, 15) is 0 Å². The molecule has 0 heterocycles. The minimum Gasteiger partial charge on any atom is -0.493 e. The molecule has 1 aromatic rings. The Balaban J connectivity index is 2.66. The van der Waals surface area contributed by atoms with E-state index in [4.69, 9.17) is 9.47 Å². The van der Waals surface area contributed by atoms with Crippen molar-refractivity contribution >= 4 is 0 Å². The van der Waals surface area contributed by atoms with Gasteiger partial charge in [0.15, 0.2) is 0 Å². The van der Waals surface area contributed by atoms with Crippen LogP contribution in [0.5, 0.6) is 5.75 Å². The first-order chi connectivity index (χ1) is 8.50. The number of methoxy groups -OCH3 is 1. The third-order valence-corrected chi connectivity index (χ3v) is 3.16. The highest BCUT2D eigenvalue weighted by molar-refractivity contribution is 5.40. The summed E-state index contributed by atoms with van der Waals surface area (Å²) in [5.41, 5.74) is 2.25. The van der Waals surface area contributed by atoms with E-state index in [1.807, 2.05) is 7.05 Å². The fourth-order valence-corrected chi connectivity index (χ4v) is 1.75. The highest BCUT2D eigenvalue weighted by Crippen LogP contribution is 2.24. The normalized spacial score (nSPS) is 11.6. The first-order valence-electron chi connectivity index (χ1n) is 6.41. The monoisotopic (exact) mass is 251 g/mol. The van der Waals surface area contributed by atoms with Gasteiger partial charge in [0.05, 0.1) is 12.2 Å². The molecule has 0 bridgehead atoms. The third-order valence-electron chi connectivity index (χ3n) is 3.16. The van der Waals surface area contributed by atoms with Crippen LogP contribution < -0.4 is 10.1 Å². The zero-order valence-electron chi connectivity index (χ0n) is 12.2. The largest absolute Gasteiger partial charge is 0.493 e. The Morgan fingerprint density at radius 3 is 2.61 bits per heavy atom. The van der Waals surface area contributed by atoms with E-state index >= 15 is 0 Å². The van der Waals surface area contributed by atoms with Crippen LogP contribution in [0.15, 0.2) is 18.2 Å². The number of ether oxygens (including phenoxy) is 2. The van der Waals surface area contributed by atoms with Crippen molar-refractivity contribution in [3.63, 3.8) is 0 Å². The molecule has 3 heteroatoms. The Bertz CT molecular complexity index is 375. The summed E-state index contributed by atoms with van der Waals surface area (Å²) < 4.78 is 11.3. The van der Waals surface area contributed by atoms with E-state index in [-0.39, 0.29) is 5.60 Å². The molecule has 18 heavy (non-hydrogen) atoms. The first kappa shape index (κ1) is 15.0. The van der Waals surface area contributed by atoms with Gasteiger partial charge in [-0.2, -0.15) is 0 Å². The highest BCUT2D eigenvalue weighted by atomic mass is 16.5. The zero-order valence-corrected chi connectivity index (χ0v) is 12.2. The lowest BCUT2D eigenvalue weighted by molar-refractivity contribution is 0.00531. The second-order valence-corrected chi connectivity index (χ2v) is 5.16. The standard InChI is InChI=1S/C15H25NO2/c1-12-7-6-8-13(11-16-4)14(12)18-10-9-15(2,3)17-5/h6-8,16H,9-11H2,1-5H3. The van der Waals surface area contributed by atoms with Crippen molar-refractivity contribution < 1.29 is 9.47 Å². The van der Waals surface area contributed by atoms with Gasteiger partial charge in [0.2, 0.25) is 0 Å². The molecule has 3 nitrogen and oxygen atoms in total. The summed E-state index contributed by atoms with van der Waals surface area (Å²) in [6, 6.07) is 6.24. The Kier molecular flexibility index (Phi) is 5.63. The van der Waals surface area contributed by atoms with Crippen LogP contribution in [-0.4, -0.2) is 26.4 Å². The molecule has 0 saturated heterocycles. The summed E-state index contributed by atoms with van der Waals surface area (Å²) in [5, 5.41) is 3.16. The van der Waals surface area contributed by atoms with Crippen molar-refractivity contribution in [1.82, 2.24) is 5.32 Å². The number of benzene rings is 1. The number of aryl methyl sites for hydroxylation is 1. The number of hydrogen-bond acceptors (Lipinski definition) is 3. The lowest BCUT2D eigenvalue weighted by Crippen LogP contribution is -2.25. The van der Waals surface area contributed by atoms with Crippen molar-refractivity contribution in [2.75, 3.05) is 20.8 Å². The Hall–Kier alpha value is -1.06. The van der Waals surface area contributed by atoms with Gasteiger partial charge in [-0.1, -0.05) is 18.2 Å². The van der Waals surface area contributed by atoms with Crippen LogP contribution in [0.4, 0.5) is 0 Å². The maximum atomic E-state index is 5.94. The van der Waals surface area contributed by atoms with Gasteiger partial charge in [-0.05, 0) is 33.4 Å². The molecule has 0 fully saturated rings. The molecular formula is C15H25NO2. The van der Waals surface area contributed by atoms with Crippen LogP contribution >= 0.6 is 0 Å². The molecule has 0 atom stereocenters. The van der Waals surface area contributed by atoms with Crippen LogP contribution in [0.25, 0.3) is 0 Å². The molecule has 1 aromatic carbocycles. The van der Waals surface area contributed by atoms with E-state index in [1.54, 1.807) is 7.11 Å². The molecule has 0 spiro atoms. The Morgan fingerprint density at radius 1 is 1.28 bits per heavy atom. The fourth-order valence-electron chi connectivity index (χ4n) is 1.75. The zero-order chi connectivity index (χ0) is 13.6. The van der Waals surface area contributed by atoms with Crippen LogP contribution in [0.1, 0.15) is 31.4 Å². The van der Waals surface area contributed by atoms with Gasteiger partial charge in [-0.25, -0.2) is 0 Å². The Labute approximate surface area is 110 Å². The van der Waals surface area contributed by atoms with E-state index in [2.05, 4.69) is 44.3 Å². The minimum absolute atomic E-state index is 0.133. The first-order valence-corrected chi connectivity index (χ1v) is 6.41. The van der Waals surface area contributed by atoms with E-state index < -0.39 is 0 Å². The van der Waals surface area contributed by atoms with Crippen molar-refractivity contribution in [3.05, 3.63) is 29.3 Å². The molecule has 0 amide bonds. The van der Waals surface area contributed by atoms with E-state index in [0.29, 0.717) is 6.61 Å². The molecule has 0 unspecified atom stereocenters. The van der Waals surface area contributed by atoms with Gasteiger partial charge in [0.25, 0.3) is 0 Å². The number of hydrogen-bond donors (Lipinski definition) is 1. The lowest BCUT2D eigenvalue weighted by atomic mass is 10.1. The number of rotatable bonds is 7. The maximum Gasteiger partial charge on any atom is 0.126 e. The Morgan fingerprint density at radius 2 is 2.00 bits per heavy atom. The summed E-state index contributed by atoms with van der Waals surface area (Å²) in [6.07, 6.45) is 0.872. The lowest BCUT2D eigenvalue weighted by Gasteiger charge is -2.23. The summed E-state index contributed by atoms with van der Waals surface area (Å²) >= 11 is 0. The molecule has 0 aliphatic carbocycles. The summed E-state index contributed by atoms with van der Waals surface area (Å²) in [7, 11) is 3.68. The predicted octanol–water partition coefficient (Wildman–Crippen LogP) is 2.91. The van der Waals surface area contributed by atoms with Gasteiger partial charge < -0.3 is 14.8 Å². The molecule has 102 valence electrons. The highest BCUT2D eigenvalue weighted by Gasteiger charge is 2.16. The molecule has 1 N–H and O–H groups in total. The van der Waals surface area contributed by atoms with Crippen LogP contribution in [0.2, 0.25) is 0 Å². The van der Waals surface area contributed by atoms with Crippen molar-refractivity contribution in [2.45, 2.75) is 39.3 Å². The van der Waals surface area contributed by atoms with Crippen molar-refractivity contribution in [1.29, 1.82) is 0 Å². The molecule has 0 radical (unpaired) electrons. The number of nitrogens with one attached hydrogen (secondary N) is 1. The summed E-state index contributed by atoms with van der Waals surface area (Å²) in [6.45, 7) is 7.72. The predicted molar refractivity (Wildman–Crippen MR) is 75.1 cm³/mol. The minimum atomic E-state index is -0.133. The van der Waals surface area contributed by atoms with Gasteiger partial charge in [-0.3, -0.25) is 0 Å². The topological polar surface area (TPSA) is 30.5 Å². The van der Waals surface area contributed by atoms with E-state index in [0.717, 1.165) is 18.7 Å². The van der Waals surface area contributed by atoms with Gasteiger partial charge in [-0.15, -0.1) is 0 Å². The number of para-hydroxylation sites is 1. The average molecular weight is 251 g/mol. The summed E-state index contributed by atoms with van der Waals surface area (Å²) in [5.74, 6) is 0.999. The SMILES string of the molecule is CNCc1cccc(C)c1OCCC(C)(C)OC. The molecule has 0 aliphatic heterocycles. The van der Waals surface area contributed by atoms with Gasteiger partial charge in [0.1, 0.15) is 5.75 Å². The van der Waals surface area contributed by atoms with Crippen molar-refractivity contribution in [3.8, 4) is 5.75 Å². The molecule has 1 rings (SSSR count). The second kappa shape index (κ2) is 6.76. The molecular weight excluding hydrogens is 226 g/mol. The van der Waals surface area contributed by atoms with Crippen LogP contribution in [0.3, 0.4) is 0 Å². The fraction of sp³-hybridized carbons (Fsp3) is 0.600.